The number of benzene rings is 1. The first-order chi connectivity index (χ1) is 10.6. The number of anilines is 2. The number of halogens is 1. The van der Waals surface area contributed by atoms with Crippen molar-refractivity contribution < 1.29 is 13.9 Å². The summed E-state index contributed by atoms with van der Waals surface area (Å²) in [6.07, 6.45) is 0. The number of aromatic nitrogens is 2. The van der Waals surface area contributed by atoms with Crippen LogP contribution < -0.4 is 10.6 Å². The Balaban J connectivity index is 2.16. The molecule has 0 unspecified atom stereocenters. The van der Waals surface area contributed by atoms with Gasteiger partial charge in [-0.15, -0.1) is 0 Å². The van der Waals surface area contributed by atoms with Crippen molar-refractivity contribution in [3.05, 3.63) is 47.7 Å². The van der Waals surface area contributed by atoms with Gasteiger partial charge in [-0.3, -0.25) is 4.79 Å². The second kappa shape index (κ2) is 7.46. The predicted molar refractivity (Wildman–Crippen MR) is 80.7 cm³/mol. The predicted octanol–water partition coefficient (Wildman–Crippen LogP) is 2.04. The van der Waals surface area contributed by atoms with Gasteiger partial charge in [0.25, 0.3) is 5.91 Å². The van der Waals surface area contributed by atoms with Gasteiger partial charge in [-0.1, -0.05) is 12.1 Å². The van der Waals surface area contributed by atoms with E-state index < -0.39 is 5.82 Å². The molecule has 1 aromatic carbocycles. The lowest BCUT2D eigenvalue weighted by Gasteiger charge is -2.09. The molecule has 1 aromatic heterocycles. The van der Waals surface area contributed by atoms with Crippen LogP contribution in [0.1, 0.15) is 16.3 Å². The molecule has 2 aromatic rings. The number of ether oxygens (including phenoxy) is 1. The summed E-state index contributed by atoms with van der Waals surface area (Å²) < 4.78 is 18.5. The molecule has 6 nitrogen and oxygen atoms in total. The highest BCUT2D eigenvalue weighted by atomic mass is 19.1. The largest absolute Gasteiger partial charge is 0.383 e. The highest BCUT2D eigenvalue weighted by molar-refractivity contribution is 5.93. The molecule has 0 aliphatic carbocycles. The van der Waals surface area contributed by atoms with Gasteiger partial charge in [-0.05, 0) is 19.1 Å². The first kappa shape index (κ1) is 15.8. The fourth-order valence-electron chi connectivity index (χ4n) is 1.81. The van der Waals surface area contributed by atoms with Crippen LogP contribution in [0.4, 0.5) is 15.9 Å². The molecule has 1 heterocycles. The van der Waals surface area contributed by atoms with Crippen molar-refractivity contribution in [2.24, 2.45) is 0 Å². The second-order valence-corrected chi connectivity index (χ2v) is 4.54. The summed E-state index contributed by atoms with van der Waals surface area (Å²) in [4.78, 5) is 20.2. The standard InChI is InChI=1S/C15H17FN4O2/c1-10-18-13(15(21)17-7-8-22-2)9-14(19-10)20-12-6-4-3-5-11(12)16/h3-6,9H,7-8H2,1-2H3,(H,17,21)(H,18,19,20). The molecule has 0 fully saturated rings. The molecule has 0 saturated heterocycles. The zero-order chi connectivity index (χ0) is 15.9. The number of carbonyl (C=O) groups is 1. The monoisotopic (exact) mass is 304 g/mol. The van der Waals surface area contributed by atoms with Crippen molar-refractivity contribution in [3.8, 4) is 0 Å². The minimum atomic E-state index is -0.398. The van der Waals surface area contributed by atoms with Crippen molar-refractivity contribution >= 4 is 17.4 Å². The average molecular weight is 304 g/mol. The first-order valence-corrected chi connectivity index (χ1v) is 6.74. The summed E-state index contributed by atoms with van der Waals surface area (Å²) in [5.74, 6) is 0.0386. The van der Waals surface area contributed by atoms with Crippen molar-refractivity contribution in [2.75, 3.05) is 25.6 Å². The minimum Gasteiger partial charge on any atom is -0.383 e. The van der Waals surface area contributed by atoms with Crippen LogP contribution in [0, 0.1) is 12.7 Å². The molecule has 0 saturated carbocycles. The van der Waals surface area contributed by atoms with Gasteiger partial charge < -0.3 is 15.4 Å². The van der Waals surface area contributed by atoms with E-state index >= 15 is 0 Å². The molecule has 22 heavy (non-hydrogen) atoms. The topological polar surface area (TPSA) is 76.1 Å². The molecule has 0 aliphatic rings. The third-order valence-electron chi connectivity index (χ3n) is 2.80. The molecule has 116 valence electrons. The average Bonchev–Trinajstić information content (AvgIpc) is 2.49. The summed E-state index contributed by atoms with van der Waals surface area (Å²) in [5.41, 5.74) is 0.494. The number of methoxy groups -OCH3 is 1. The number of aryl methyl sites for hydroxylation is 1. The second-order valence-electron chi connectivity index (χ2n) is 4.54. The number of para-hydroxylation sites is 1. The van der Waals surface area contributed by atoms with Gasteiger partial charge in [0.2, 0.25) is 0 Å². The summed E-state index contributed by atoms with van der Waals surface area (Å²) in [6, 6.07) is 7.71. The summed E-state index contributed by atoms with van der Waals surface area (Å²) in [6.45, 7) is 2.46. The Morgan fingerprint density at radius 3 is 2.82 bits per heavy atom. The van der Waals surface area contributed by atoms with Crippen LogP contribution in [0.3, 0.4) is 0 Å². The number of nitrogens with zero attached hydrogens (tertiary/aromatic N) is 2. The molecule has 7 heteroatoms. The maximum Gasteiger partial charge on any atom is 0.270 e. The third kappa shape index (κ3) is 4.23. The number of hydrogen-bond acceptors (Lipinski definition) is 5. The van der Waals surface area contributed by atoms with Crippen molar-refractivity contribution in [1.82, 2.24) is 15.3 Å². The molecule has 2 N–H and O–H groups in total. The molecule has 0 bridgehead atoms. The Labute approximate surface area is 127 Å². The van der Waals surface area contributed by atoms with Crippen LogP contribution >= 0.6 is 0 Å². The molecule has 0 atom stereocenters. The van der Waals surface area contributed by atoms with E-state index in [1.165, 1.54) is 12.1 Å². The van der Waals surface area contributed by atoms with Crippen LogP contribution in [0.5, 0.6) is 0 Å². The van der Waals surface area contributed by atoms with E-state index in [9.17, 15) is 9.18 Å². The van der Waals surface area contributed by atoms with E-state index in [-0.39, 0.29) is 17.3 Å². The van der Waals surface area contributed by atoms with Crippen LogP contribution in [0.15, 0.2) is 30.3 Å². The maximum absolute atomic E-state index is 13.6. The van der Waals surface area contributed by atoms with Gasteiger partial charge in [0.05, 0.1) is 12.3 Å². The van der Waals surface area contributed by atoms with Crippen LogP contribution in [-0.4, -0.2) is 36.1 Å². The Hall–Kier alpha value is -2.54. The highest BCUT2D eigenvalue weighted by Gasteiger charge is 2.11. The summed E-state index contributed by atoms with van der Waals surface area (Å²) in [7, 11) is 1.55. The fraction of sp³-hybridized carbons (Fsp3) is 0.267. The Morgan fingerprint density at radius 2 is 2.09 bits per heavy atom. The number of carbonyl (C=O) groups excluding carboxylic acids is 1. The van der Waals surface area contributed by atoms with Gasteiger partial charge in [-0.25, -0.2) is 14.4 Å². The van der Waals surface area contributed by atoms with E-state index in [0.717, 1.165) is 0 Å². The lowest BCUT2D eigenvalue weighted by molar-refractivity contribution is 0.0932. The normalized spacial score (nSPS) is 10.3. The van der Waals surface area contributed by atoms with Gasteiger partial charge in [0.15, 0.2) is 0 Å². The van der Waals surface area contributed by atoms with Crippen LogP contribution in [-0.2, 0) is 4.74 Å². The quantitative estimate of drug-likeness (QED) is 0.799. The van der Waals surface area contributed by atoms with Gasteiger partial charge in [0.1, 0.15) is 23.2 Å². The summed E-state index contributed by atoms with van der Waals surface area (Å²) >= 11 is 0. The zero-order valence-electron chi connectivity index (χ0n) is 12.4. The van der Waals surface area contributed by atoms with Crippen LogP contribution in [0.25, 0.3) is 0 Å². The lowest BCUT2D eigenvalue weighted by atomic mass is 10.3. The van der Waals surface area contributed by atoms with E-state index in [0.29, 0.717) is 24.8 Å². The molecule has 0 radical (unpaired) electrons. The Kier molecular flexibility index (Phi) is 5.37. The van der Waals surface area contributed by atoms with Gasteiger partial charge in [-0.2, -0.15) is 0 Å². The number of amides is 1. The Morgan fingerprint density at radius 1 is 1.32 bits per heavy atom. The fourth-order valence-corrected chi connectivity index (χ4v) is 1.81. The lowest BCUT2D eigenvalue weighted by Crippen LogP contribution is -2.28. The molecule has 1 amide bonds. The SMILES string of the molecule is COCCNC(=O)c1cc(Nc2ccccc2F)nc(C)n1. The van der Waals surface area contributed by atoms with Crippen molar-refractivity contribution in [2.45, 2.75) is 6.92 Å². The smallest absolute Gasteiger partial charge is 0.270 e. The van der Waals surface area contributed by atoms with E-state index in [4.69, 9.17) is 4.74 Å². The van der Waals surface area contributed by atoms with Crippen LogP contribution in [0.2, 0.25) is 0 Å². The molecule has 0 aliphatic heterocycles. The van der Waals surface area contributed by atoms with E-state index in [1.54, 1.807) is 32.2 Å². The number of rotatable bonds is 6. The third-order valence-corrected chi connectivity index (χ3v) is 2.80. The zero-order valence-corrected chi connectivity index (χ0v) is 12.4. The summed E-state index contributed by atoms with van der Waals surface area (Å²) in [5, 5.41) is 5.52. The van der Waals surface area contributed by atoms with Crippen molar-refractivity contribution in [1.29, 1.82) is 0 Å². The molecular formula is C15H17FN4O2. The molecule has 0 spiro atoms. The number of nitrogens with one attached hydrogen (secondary N) is 2. The molecule has 2 rings (SSSR count). The Bertz CT molecular complexity index is 664. The van der Waals surface area contributed by atoms with Gasteiger partial charge >= 0.3 is 0 Å². The van der Waals surface area contributed by atoms with Gasteiger partial charge in [0, 0.05) is 19.7 Å². The maximum atomic E-state index is 13.6. The van der Waals surface area contributed by atoms with E-state index in [2.05, 4.69) is 20.6 Å². The molecular weight excluding hydrogens is 287 g/mol. The van der Waals surface area contributed by atoms with Crippen molar-refractivity contribution in [3.63, 3.8) is 0 Å². The van der Waals surface area contributed by atoms with E-state index in [1.807, 2.05) is 0 Å². The number of hydrogen-bond donors (Lipinski definition) is 2. The first-order valence-electron chi connectivity index (χ1n) is 6.74. The highest BCUT2D eigenvalue weighted by Crippen LogP contribution is 2.18. The minimum absolute atomic E-state index is 0.211.